The molecule has 9 nitrogen and oxygen atoms in total. The number of pyridine rings is 2. The highest BCUT2D eigenvalue weighted by Crippen LogP contribution is 2.24. The van der Waals surface area contributed by atoms with E-state index in [0.29, 0.717) is 42.9 Å². The third-order valence-corrected chi connectivity index (χ3v) is 5.16. The van der Waals surface area contributed by atoms with Crippen molar-refractivity contribution in [1.82, 2.24) is 18.9 Å². The van der Waals surface area contributed by atoms with Crippen molar-refractivity contribution in [1.29, 1.82) is 0 Å². The van der Waals surface area contributed by atoms with E-state index in [1.807, 2.05) is 4.90 Å². The zero-order chi connectivity index (χ0) is 19.1. The predicted octanol–water partition coefficient (Wildman–Crippen LogP) is 1.73. The fraction of sp³-hybridized carbons (Fsp3) is 0.312. The van der Waals surface area contributed by atoms with E-state index in [-0.39, 0.29) is 21.7 Å². The molecule has 1 N–H and O–H groups in total. The van der Waals surface area contributed by atoms with E-state index < -0.39 is 11.4 Å². The largest absolute Gasteiger partial charge is 0.477 e. The van der Waals surface area contributed by atoms with Crippen LogP contribution in [0.25, 0.3) is 16.2 Å². The van der Waals surface area contributed by atoms with Gasteiger partial charge in [-0.15, -0.1) is 0 Å². The minimum absolute atomic E-state index is 0.197. The van der Waals surface area contributed by atoms with Gasteiger partial charge in [0.2, 0.25) is 16.5 Å². The number of rotatable bonds is 3. The molecule has 1 fully saturated rings. The van der Waals surface area contributed by atoms with Gasteiger partial charge in [-0.2, -0.15) is 9.36 Å². The van der Waals surface area contributed by atoms with E-state index in [0.717, 1.165) is 11.5 Å². The topological polar surface area (TPSA) is 110 Å². The number of carbonyl (C=O) groups is 1. The average Bonchev–Trinajstić information content (AvgIpc) is 3.11. The highest BCUT2D eigenvalue weighted by molar-refractivity contribution is 7.08. The molecule has 0 aromatic carbocycles. The fourth-order valence-electron chi connectivity index (χ4n) is 2.95. The van der Waals surface area contributed by atoms with Gasteiger partial charge in [-0.25, -0.2) is 9.78 Å². The van der Waals surface area contributed by atoms with Crippen molar-refractivity contribution in [2.24, 2.45) is 0 Å². The zero-order valence-electron chi connectivity index (χ0n) is 14.2. The molecule has 0 aliphatic carbocycles. The van der Waals surface area contributed by atoms with Gasteiger partial charge in [0.05, 0.1) is 18.6 Å². The second kappa shape index (κ2) is 6.87. The maximum absolute atomic E-state index is 12.6. The summed E-state index contributed by atoms with van der Waals surface area (Å²) in [6, 6.07) is 1.53. The van der Waals surface area contributed by atoms with Crippen LogP contribution in [0.2, 0.25) is 5.15 Å². The first-order valence-corrected chi connectivity index (χ1v) is 9.23. The summed E-state index contributed by atoms with van der Waals surface area (Å²) in [5.74, 6) is -0.788. The lowest BCUT2D eigenvalue weighted by molar-refractivity contribution is 0.0695. The minimum Gasteiger partial charge on any atom is -0.477 e. The van der Waals surface area contributed by atoms with Gasteiger partial charge < -0.3 is 14.7 Å². The summed E-state index contributed by atoms with van der Waals surface area (Å²) in [7, 11) is 0. The van der Waals surface area contributed by atoms with E-state index in [1.54, 1.807) is 6.92 Å². The number of aromatic nitrogens is 4. The molecule has 140 valence electrons. The number of aromatic carboxylic acids is 1. The minimum atomic E-state index is -1.32. The van der Waals surface area contributed by atoms with Crippen molar-refractivity contribution in [3.05, 3.63) is 38.8 Å². The number of carboxylic acids is 1. The summed E-state index contributed by atoms with van der Waals surface area (Å²) in [6.45, 7) is 4.21. The third kappa shape index (κ3) is 3.15. The highest BCUT2D eigenvalue weighted by Gasteiger charge is 2.22. The number of hydrogen-bond acceptors (Lipinski definition) is 8. The molecular weight excluding hydrogens is 394 g/mol. The zero-order valence-corrected chi connectivity index (χ0v) is 15.7. The maximum Gasteiger partial charge on any atom is 0.341 e. The monoisotopic (exact) mass is 407 g/mol. The molecule has 0 spiro atoms. The lowest BCUT2D eigenvalue weighted by Gasteiger charge is -2.25. The summed E-state index contributed by atoms with van der Waals surface area (Å²) in [4.78, 5) is 34.9. The molecule has 4 rings (SSSR count). The first-order chi connectivity index (χ1) is 13.0. The van der Waals surface area contributed by atoms with Gasteiger partial charge in [-0.3, -0.25) is 9.36 Å². The molecule has 27 heavy (non-hydrogen) atoms. The molecule has 11 heteroatoms. The van der Waals surface area contributed by atoms with Crippen molar-refractivity contribution < 1.29 is 14.6 Å². The van der Waals surface area contributed by atoms with Crippen molar-refractivity contribution >= 4 is 46.1 Å². The molecule has 0 amide bonds. The maximum atomic E-state index is 12.6. The summed E-state index contributed by atoms with van der Waals surface area (Å²) in [5.41, 5.74) is -0.171. The van der Waals surface area contributed by atoms with E-state index in [4.69, 9.17) is 16.3 Å². The molecule has 0 bridgehead atoms. The van der Waals surface area contributed by atoms with Crippen LogP contribution in [-0.4, -0.2) is 56.3 Å². The molecule has 1 aliphatic rings. The van der Waals surface area contributed by atoms with Crippen molar-refractivity contribution in [3.63, 3.8) is 0 Å². The molecular formula is C16H14ClN5O4S. The number of nitrogens with zero attached hydrogens (tertiary/aromatic N) is 5. The number of anilines is 1. The number of ether oxygens (including phenoxy) is 1. The molecule has 1 saturated heterocycles. The van der Waals surface area contributed by atoms with Crippen LogP contribution >= 0.6 is 23.1 Å². The normalized spacial score (nSPS) is 14.7. The summed E-state index contributed by atoms with van der Waals surface area (Å²) in [5, 5.41) is 10.2. The molecule has 0 unspecified atom stereocenters. The second-order valence-electron chi connectivity index (χ2n) is 5.98. The first-order valence-electron chi connectivity index (χ1n) is 8.08. The van der Waals surface area contributed by atoms with Gasteiger partial charge >= 0.3 is 5.97 Å². The van der Waals surface area contributed by atoms with Gasteiger partial charge in [0.1, 0.15) is 10.7 Å². The first kappa shape index (κ1) is 17.8. The Morgan fingerprint density at radius 1 is 1.33 bits per heavy atom. The van der Waals surface area contributed by atoms with E-state index in [2.05, 4.69) is 14.3 Å². The molecule has 0 radical (unpaired) electrons. The Morgan fingerprint density at radius 3 is 2.78 bits per heavy atom. The predicted molar refractivity (Wildman–Crippen MR) is 101 cm³/mol. The van der Waals surface area contributed by atoms with E-state index >= 15 is 0 Å². The van der Waals surface area contributed by atoms with Crippen LogP contribution in [0.5, 0.6) is 0 Å². The number of carboxylic acid groups (broad SMARTS) is 1. The lowest BCUT2D eigenvalue weighted by atomic mass is 10.1. The standard InChI is InChI=1S/C16H14ClN5O4S/c1-8-6-10(17)18-13-11(8)12(23)9(14(24)25)7-22(13)16-19-15(20-27-16)21-2-4-26-5-3-21/h6-7H,2-5H2,1H3,(H,24,25). The number of halogens is 1. The van der Waals surface area contributed by atoms with Gasteiger partial charge in [0.25, 0.3) is 0 Å². The SMILES string of the molecule is Cc1cc(Cl)nc2c1c(=O)c(C(=O)O)cn2-c1nc(N2CCOCC2)ns1. The van der Waals surface area contributed by atoms with Crippen LogP contribution in [-0.2, 0) is 4.74 Å². The quantitative estimate of drug-likeness (QED) is 0.653. The van der Waals surface area contributed by atoms with Crippen LogP contribution in [0.15, 0.2) is 17.1 Å². The summed E-state index contributed by atoms with van der Waals surface area (Å²) in [6.07, 6.45) is 1.22. The van der Waals surface area contributed by atoms with Crippen LogP contribution in [0.4, 0.5) is 5.95 Å². The Bertz CT molecular complexity index is 1110. The van der Waals surface area contributed by atoms with Crippen LogP contribution in [0.1, 0.15) is 15.9 Å². The number of fused-ring (bicyclic) bond motifs is 1. The molecule has 3 aromatic rings. The Kier molecular flexibility index (Phi) is 4.54. The fourth-order valence-corrected chi connectivity index (χ4v) is 3.86. The number of aryl methyl sites for hydroxylation is 1. The van der Waals surface area contributed by atoms with Crippen LogP contribution in [0.3, 0.4) is 0 Å². The van der Waals surface area contributed by atoms with Gasteiger partial charge in [0, 0.05) is 30.8 Å². The van der Waals surface area contributed by atoms with Crippen LogP contribution < -0.4 is 10.3 Å². The molecule has 4 heterocycles. The number of hydrogen-bond donors (Lipinski definition) is 1. The Labute approximate surface area is 162 Å². The molecule has 3 aromatic heterocycles. The number of morpholine rings is 1. The van der Waals surface area contributed by atoms with Crippen molar-refractivity contribution in [2.45, 2.75) is 6.92 Å². The van der Waals surface area contributed by atoms with Gasteiger partial charge in [0.15, 0.2) is 5.65 Å². The van der Waals surface area contributed by atoms with Crippen molar-refractivity contribution in [2.75, 3.05) is 31.2 Å². The Balaban J connectivity index is 1.93. The van der Waals surface area contributed by atoms with Gasteiger partial charge in [-0.1, -0.05) is 11.6 Å². The molecule has 0 atom stereocenters. The summed E-state index contributed by atoms with van der Waals surface area (Å²) < 4.78 is 11.1. The second-order valence-corrected chi connectivity index (χ2v) is 7.10. The Hall–Kier alpha value is -2.56. The van der Waals surface area contributed by atoms with E-state index in [1.165, 1.54) is 16.8 Å². The van der Waals surface area contributed by atoms with Gasteiger partial charge in [-0.05, 0) is 18.6 Å². The Morgan fingerprint density at radius 2 is 2.07 bits per heavy atom. The smallest absolute Gasteiger partial charge is 0.341 e. The van der Waals surface area contributed by atoms with E-state index in [9.17, 15) is 14.7 Å². The lowest BCUT2D eigenvalue weighted by Crippen LogP contribution is -2.36. The molecule has 1 aliphatic heterocycles. The molecule has 0 saturated carbocycles. The van der Waals surface area contributed by atoms with Crippen molar-refractivity contribution in [3.8, 4) is 5.13 Å². The summed E-state index contributed by atoms with van der Waals surface area (Å²) >= 11 is 7.16. The van der Waals surface area contributed by atoms with Crippen LogP contribution in [0, 0.1) is 6.92 Å². The third-order valence-electron chi connectivity index (χ3n) is 4.26. The highest BCUT2D eigenvalue weighted by atomic mass is 35.5. The average molecular weight is 408 g/mol.